The van der Waals surface area contributed by atoms with Crippen LogP contribution >= 0.6 is 0 Å². The van der Waals surface area contributed by atoms with Crippen LogP contribution in [0.3, 0.4) is 0 Å². The number of hydrogen-bond acceptors (Lipinski definition) is 3. The number of para-hydroxylation sites is 1. The van der Waals surface area contributed by atoms with E-state index in [0.29, 0.717) is 0 Å². The van der Waals surface area contributed by atoms with Gasteiger partial charge in [0.05, 0.1) is 19.9 Å². The third-order valence-corrected chi connectivity index (χ3v) is 4.85. The fraction of sp³-hybridized carbons (Fsp3) is 0.0769. The van der Waals surface area contributed by atoms with E-state index in [1.165, 1.54) is 5.56 Å². The second-order valence-corrected chi connectivity index (χ2v) is 6.62. The van der Waals surface area contributed by atoms with Crippen molar-refractivity contribution in [1.82, 2.24) is 0 Å². The summed E-state index contributed by atoms with van der Waals surface area (Å²) in [7, 11) is 3.37. The van der Waals surface area contributed by atoms with Crippen molar-refractivity contribution in [1.29, 1.82) is 0 Å². The van der Waals surface area contributed by atoms with Gasteiger partial charge >= 0.3 is 0 Å². The van der Waals surface area contributed by atoms with Crippen LogP contribution in [0.15, 0.2) is 103 Å². The molecule has 4 aromatic carbocycles. The molecule has 144 valence electrons. The molecule has 29 heavy (non-hydrogen) atoms. The number of benzene rings is 4. The highest BCUT2D eigenvalue weighted by molar-refractivity contribution is 5.88. The van der Waals surface area contributed by atoms with E-state index in [-0.39, 0.29) is 0 Å². The lowest BCUT2D eigenvalue weighted by Crippen LogP contribution is -2.11. The zero-order valence-electron chi connectivity index (χ0n) is 16.6. The molecule has 0 unspecified atom stereocenters. The monoisotopic (exact) mass is 381 g/mol. The first-order valence-corrected chi connectivity index (χ1v) is 9.53. The summed E-state index contributed by atoms with van der Waals surface area (Å²) in [6, 6.07) is 35.0. The highest BCUT2D eigenvalue weighted by Gasteiger charge is 2.17. The van der Waals surface area contributed by atoms with Crippen LogP contribution in [0.5, 0.6) is 11.5 Å². The Hall–Kier alpha value is -3.72. The molecule has 0 fully saturated rings. The molecule has 0 bridgehead atoms. The summed E-state index contributed by atoms with van der Waals surface area (Å²) in [5, 5.41) is 0. The molecule has 3 heteroatoms. The average molecular weight is 381 g/mol. The molecular weight excluding hydrogens is 358 g/mol. The fourth-order valence-electron chi connectivity index (χ4n) is 3.46. The Morgan fingerprint density at radius 1 is 0.552 bits per heavy atom. The normalized spacial score (nSPS) is 10.4. The van der Waals surface area contributed by atoms with Crippen LogP contribution in [-0.4, -0.2) is 14.2 Å². The van der Waals surface area contributed by atoms with E-state index in [1.807, 2.05) is 42.5 Å². The lowest BCUT2D eigenvalue weighted by Gasteiger charge is -2.28. The van der Waals surface area contributed by atoms with Crippen molar-refractivity contribution >= 4 is 17.1 Å². The van der Waals surface area contributed by atoms with Crippen LogP contribution < -0.4 is 14.4 Å². The molecule has 0 N–H and O–H groups in total. The molecule has 4 rings (SSSR count). The predicted octanol–water partition coefficient (Wildman–Crippen LogP) is 6.84. The molecule has 0 atom stereocenters. The minimum absolute atomic E-state index is 0.813. The lowest BCUT2D eigenvalue weighted by molar-refractivity contribution is 0.414. The summed E-state index contributed by atoms with van der Waals surface area (Å²) in [5.74, 6) is 1.63. The second kappa shape index (κ2) is 8.53. The first-order chi connectivity index (χ1) is 14.3. The van der Waals surface area contributed by atoms with Gasteiger partial charge in [-0.15, -0.1) is 0 Å². The standard InChI is InChI=1S/C26H23NO2/c1-28-23-14-8-12-21(18-23)27(22-13-9-15-24(19-22)29-2)26-17-7-6-16-25(26)20-10-4-3-5-11-20/h3-19H,1-2H3. The van der Waals surface area contributed by atoms with Gasteiger partial charge in [-0.2, -0.15) is 0 Å². The molecule has 0 spiro atoms. The fourth-order valence-corrected chi connectivity index (χ4v) is 3.46. The average Bonchev–Trinajstić information content (AvgIpc) is 2.80. The minimum atomic E-state index is 0.813. The molecular formula is C26H23NO2. The summed E-state index contributed by atoms with van der Waals surface area (Å²) in [4.78, 5) is 2.23. The Morgan fingerprint density at radius 3 is 1.69 bits per heavy atom. The molecule has 0 aliphatic carbocycles. The van der Waals surface area contributed by atoms with Crippen LogP contribution in [0, 0.1) is 0 Å². The molecule has 0 amide bonds. The highest BCUT2D eigenvalue weighted by Crippen LogP contribution is 2.42. The van der Waals surface area contributed by atoms with Crippen LogP contribution in [-0.2, 0) is 0 Å². The van der Waals surface area contributed by atoms with E-state index in [0.717, 1.165) is 34.1 Å². The van der Waals surface area contributed by atoms with E-state index >= 15 is 0 Å². The quantitative estimate of drug-likeness (QED) is 0.365. The maximum atomic E-state index is 5.49. The van der Waals surface area contributed by atoms with Gasteiger partial charge in [0.2, 0.25) is 0 Å². The number of methoxy groups -OCH3 is 2. The van der Waals surface area contributed by atoms with Gasteiger partial charge in [-0.05, 0) is 35.9 Å². The van der Waals surface area contributed by atoms with Crippen molar-refractivity contribution in [2.75, 3.05) is 19.1 Å². The molecule has 0 saturated heterocycles. The van der Waals surface area contributed by atoms with E-state index in [2.05, 4.69) is 65.6 Å². The Labute approximate surface area is 171 Å². The largest absolute Gasteiger partial charge is 0.497 e. The summed E-state index contributed by atoms with van der Waals surface area (Å²) < 4.78 is 11.0. The van der Waals surface area contributed by atoms with Crippen LogP contribution in [0.2, 0.25) is 0 Å². The van der Waals surface area contributed by atoms with E-state index in [1.54, 1.807) is 14.2 Å². The maximum absolute atomic E-state index is 5.49. The Morgan fingerprint density at radius 2 is 1.10 bits per heavy atom. The molecule has 3 nitrogen and oxygen atoms in total. The van der Waals surface area contributed by atoms with Gasteiger partial charge < -0.3 is 14.4 Å². The van der Waals surface area contributed by atoms with Crippen molar-refractivity contribution in [2.24, 2.45) is 0 Å². The van der Waals surface area contributed by atoms with Crippen LogP contribution in [0.1, 0.15) is 0 Å². The second-order valence-electron chi connectivity index (χ2n) is 6.62. The summed E-state index contributed by atoms with van der Waals surface area (Å²) >= 11 is 0. The molecule has 0 saturated carbocycles. The van der Waals surface area contributed by atoms with E-state index in [9.17, 15) is 0 Å². The topological polar surface area (TPSA) is 21.7 Å². The number of hydrogen-bond donors (Lipinski definition) is 0. The number of anilines is 3. The van der Waals surface area contributed by atoms with Crippen LogP contribution in [0.4, 0.5) is 17.1 Å². The van der Waals surface area contributed by atoms with Crippen molar-refractivity contribution in [2.45, 2.75) is 0 Å². The van der Waals surface area contributed by atoms with Gasteiger partial charge in [-0.3, -0.25) is 0 Å². The predicted molar refractivity (Wildman–Crippen MR) is 120 cm³/mol. The zero-order chi connectivity index (χ0) is 20.1. The van der Waals surface area contributed by atoms with Gasteiger partial charge in [0, 0.05) is 29.1 Å². The Kier molecular flexibility index (Phi) is 5.48. The molecule has 4 aromatic rings. The minimum Gasteiger partial charge on any atom is -0.497 e. The van der Waals surface area contributed by atoms with Crippen molar-refractivity contribution in [3.8, 4) is 22.6 Å². The van der Waals surface area contributed by atoms with Crippen LogP contribution in [0.25, 0.3) is 11.1 Å². The smallest absolute Gasteiger partial charge is 0.120 e. The van der Waals surface area contributed by atoms with E-state index in [4.69, 9.17) is 9.47 Å². The SMILES string of the molecule is COc1cccc(N(c2cccc(OC)c2)c2ccccc2-c2ccccc2)c1. The Balaban J connectivity index is 1.94. The highest BCUT2D eigenvalue weighted by atomic mass is 16.5. The molecule has 0 aliphatic heterocycles. The summed E-state index contributed by atoms with van der Waals surface area (Å²) in [6.45, 7) is 0. The molecule has 0 radical (unpaired) electrons. The van der Waals surface area contributed by atoms with E-state index < -0.39 is 0 Å². The van der Waals surface area contributed by atoms with Gasteiger partial charge in [-0.1, -0.05) is 60.7 Å². The van der Waals surface area contributed by atoms with Gasteiger partial charge in [0.1, 0.15) is 11.5 Å². The molecule has 0 aliphatic rings. The molecule has 0 aromatic heterocycles. The Bertz CT molecular complexity index is 1040. The van der Waals surface area contributed by atoms with Gasteiger partial charge in [-0.25, -0.2) is 0 Å². The first kappa shape index (κ1) is 18.6. The third-order valence-electron chi connectivity index (χ3n) is 4.85. The maximum Gasteiger partial charge on any atom is 0.120 e. The lowest BCUT2D eigenvalue weighted by atomic mass is 10.0. The summed E-state index contributed by atoms with van der Waals surface area (Å²) in [5.41, 5.74) is 5.43. The number of nitrogens with zero attached hydrogens (tertiary/aromatic N) is 1. The van der Waals surface area contributed by atoms with Crippen molar-refractivity contribution in [3.63, 3.8) is 0 Å². The van der Waals surface area contributed by atoms with Gasteiger partial charge in [0.15, 0.2) is 0 Å². The zero-order valence-corrected chi connectivity index (χ0v) is 16.6. The number of ether oxygens (including phenoxy) is 2. The molecule has 0 heterocycles. The third kappa shape index (κ3) is 3.94. The first-order valence-electron chi connectivity index (χ1n) is 9.53. The number of rotatable bonds is 6. The van der Waals surface area contributed by atoms with Gasteiger partial charge in [0.25, 0.3) is 0 Å². The van der Waals surface area contributed by atoms with Crippen molar-refractivity contribution in [3.05, 3.63) is 103 Å². The van der Waals surface area contributed by atoms with Crippen molar-refractivity contribution < 1.29 is 9.47 Å². The summed E-state index contributed by atoms with van der Waals surface area (Å²) in [6.07, 6.45) is 0.